The summed E-state index contributed by atoms with van der Waals surface area (Å²) in [6.07, 6.45) is 13.5. The number of aromatic nitrogens is 3. The van der Waals surface area contributed by atoms with Crippen molar-refractivity contribution in [3.8, 4) is 0 Å². The van der Waals surface area contributed by atoms with E-state index in [1.54, 1.807) is 6.08 Å². The largest absolute Gasteiger partial charge is 0.292 e. The average molecular weight is 440 g/mol. The fourth-order valence-corrected chi connectivity index (χ4v) is 3.58. The molecule has 3 aromatic heterocycles. The molecule has 0 unspecified atom stereocenters. The summed E-state index contributed by atoms with van der Waals surface area (Å²) in [6.45, 7) is 11.0. The molecule has 3 aromatic rings. The Hall–Kier alpha value is -3.41. The van der Waals surface area contributed by atoms with Gasteiger partial charge in [0.1, 0.15) is 0 Å². The maximum Gasteiger partial charge on any atom is 0.0544 e. The maximum absolute atomic E-state index is 4.54. The predicted molar refractivity (Wildman–Crippen MR) is 135 cm³/mol. The van der Waals surface area contributed by atoms with E-state index in [0.717, 1.165) is 56.4 Å². The Morgan fingerprint density at radius 3 is 1.67 bits per heavy atom. The van der Waals surface area contributed by atoms with E-state index in [4.69, 9.17) is 0 Å². The summed E-state index contributed by atoms with van der Waals surface area (Å²) in [7, 11) is 0. The lowest BCUT2D eigenvalue weighted by Crippen LogP contribution is -2.35. The molecule has 0 aromatic carbocycles. The van der Waals surface area contributed by atoms with E-state index in [0.29, 0.717) is 0 Å². The van der Waals surface area contributed by atoms with Gasteiger partial charge in [-0.1, -0.05) is 54.7 Å². The minimum atomic E-state index is 0.783. The molecule has 0 N–H and O–H groups in total. The first-order chi connectivity index (χ1) is 16.2. The zero-order chi connectivity index (χ0) is 23.1. The minimum Gasteiger partial charge on any atom is -0.292 e. The molecule has 0 aliphatic rings. The third kappa shape index (κ3) is 9.31. The van der Waals surface area contributed by atoms with Crippen molar-refractivity contribution in [2.75, 3.05) is 19.6 Å². The second-order valence-electron chi connectivity index (χ2n) is 8.02. The Morgan fingerprint density at radius 1 is 0.727 bits per heavy atom. The maximum atomic E-state index is 4.54. The molecule has 170 valence electrons. The Kier molecular flexibility index (Phi) is 10.2. The molecule has 0 saturated carbocycles. The quantitative estimate of drug-likeness (QED) is 0.348. The van der Waals surface area contributed by atoms with Crippen LogP contribution in [-0.4, -0.2) is 44.4 Å². The van der Waals surface area contributed by atoms with Crippen LogP contribution >= 0.6 is 0 Å². The Morgan fingerprint density at radius 2 is 1.21 bits per heavy atom. The summed E-state index contributed by atoms with van der Waals surface area (Å²) in [4.78, 5) is 18.5. The Bertz CT molecular complexity index is 959. The third-order valence-electron chi connectivity index (χ3n) is 5.17. The highest BCUT2D eigenvalue weighted by molar-refractivity contribution is 5.15. The van der Waals surface area contributed by atoms with Gasteiger partial charge in [-0.25, -0.2) is 0 Å². The molecule has 0 saturated heterocycles. The van der Waals surface area contributed by atoms with Gasteiger partial charge >= 0.3 is 0 Å². The molecule has 0 radical (unpaired) electrons. The van der Waals surface area contributed by atoms with Crippen molar-refractivity contribution in [2.45, 2.75) is 26.6 Å². The highest BCUT2D eigenvalue weighted by atomic mass is 15.2. The van der Waals surface area contributed by atoms with Crippen LogP contribution < -0.4 is 0 Å². The van der Waals surface area contributed by atoms with Gasteiger partial charge in [-0.3, -0.25) is 24.8 Å². The molecule has 0 aliphatic heterocycles. The first kappa shape index (κ1) is 24.2. The second kappa shape index (κ2) is 13.9. The number of pyridine rings is 3. The van der Waals surface area contributed by atoms with E-state index in [9.17, 15) is 0 Å². The zero-order valence-electron chi connectivity index (χ0n) is 19.4. The van der Waals surface area contributed by atoms with Crippen LogP contribution in [0.4, 0.5) is 0 Å². The van der Waals surface area contributed by atoms with Crippen molar-refractivity contribution in [1.29, 1.82) is 0 Å². The van der Waals surface area contributed by atoms with Gasteiger partial charge in [-0.05, 0) is 43.3 Å². The minimum absolute atomic E-state index is 0.783. The average Bonchev–Trinajstić information content (AvgIpc) is 2.84. The fourth-order valence-electron chi connectivity index (χ4n) is 3.58. The van der Waals surface area contributed by atoms with Gasteiger partial charge in [-0.2, -0.15) is 0 Å². The van der Waals surface area contributed by atoms with Crippen molar-refractivity contribution in [2.24, 2.45) is 0 Å². The summed E-state index contributed by atoms with van der Waals surface area (Å²) in [5.74, 6) is 0. The third-order valence-corrected chi connectivity index (χ3v) is 5.17. The van der Waals surface area contributed by atoms with Gasteiger partial charge in [0.25, 0.3) is 0 Å². The van der Waals surface area contributed by atoms with Crippen LogP contribution in [0.25, 0.3) is 0 Å². The molecule has 5 nitrogen and oxygen atoms in total. The number of hydrogen-bond donors (Lipinski definition) is 0. The lowest BCUT2D eigenvalue weighted by atomic mass is 10.2. The van der Waals surface area contributed by atoms with Gasteiger partial charge in [0.2, 0.25) is 0 Å². The van der Waals surface area contributed by atoms with Gasteiger partial charge in [0, 0.05) is 57.9 Å². The van der Waals surface area contributed by atoms with Gasteiger partial charge in [-0.15, -0.1) is 0 Å². The molecule has 0 amide bonds. The first-order valence-corrected chi connectivity index (χ1v) is 11.3. The molecule has 0 fully saturated rings. The zero-order valence-corrected chi connectivity index (χ0v) is 19.4. The normalized spacial score (nSPS) is 12.0. The lowest BCUT2D eigenvalue weighted by Gasteiger charge is -2.27. The smallest absolute Gasteiger partial charge is 0.0544 e. The molecule has 3 heterocycles. The molecule has 3 rings (SSSR count). The highest BCUT2D eigenvalue weighted by Gasteiger charge is 2.13. The lowest BCUT2D eigenvalue weighted by molar-refractivity contribution is 0.192. The molecule has 0 spiro atoms. The van der Waals surface area contributed by atoms with Crippen LogP contribution in [0.1, 0.15) is 24.0 Å². The summed E-state index contributed by atoms with van der Waals surface area (Å²) in [5.41, 5.74) is 4.50. The SMILES string of the molecule is C=C/C=C\C=C(/C)CN(CCN(Cc1ccccn1)Cc1ccccn1)Cc1ccccn1. The van der Waals surface area contributed by atoms with Crippen molar-refractivity contribution in [1.82, 2.24) is 24.8 Å². The van der Waals surface area contributed by atoms with Crippen molar-refractivity contribution in [3.63, 3.8) is 0 Å². The van der Waals surface area contributed by atoms with Gasteiger partial charge in [0.15, 0.2) is 0 Å². The summed E-state index contributed by atoms with van der Waals surface area (Å²) >= 11 is 0. The van der Waals surface area contributed by atoms with Crippen LogP contribution in [0, 0.1) is 0 Å². The van der Waals surface area contributed by atoms with E-state index in [1.165, 1.54) is 5.57 Å². The molecule has 0 aliphatic carbocycles. The van der Waals surface area contributed by atoms with E-state index < -0.39 is 0 Å². The summed E-state index contributed by atoms with van der Waals surface area (Å²) < 4.78 is 0. The van der Waals surface area contributed by atoms with E-state index in [-0.39, 0.29) is 0 Å². The monoisotopic (exact) mass is 439 g/mol. The van der Waals surface area contributed by atoms with Crippen LogP contribution in [-0.2, 0) is 19.6 Å². The van der Waals surface area contributed by atoms with Gasteiger partial charge in [0.05, 0.1) is 17.1 Å². The summed E-state index contributed by atoms with van der Waals surface area (Å²) in [5, 5.41) is 0. The van der Waals surface area contributed by atoms with E-state index in [1.807, 2.05) is 67.1 Å². The number of hydrogen-bond acceptors (Lipinski definition) is 5. The molecular weight excluding hydrogens is 406 g/mol. The van der Waals surface area contributed by atoms with E-state index >= 15 is 0 Å². The topological polar surface area (TPSA) is 45.2 Å². The van der Waals surface area contributed by atoms with Gasteiger partial charge < -0.3 is 0 Å². The van der Waals surface area contributed by atoms with Crippen molar-refractivity contribution < 1.29 is 0 Å². The Labute approximate surface area is 197 Å². The number of allylic oxidation sites excluding steroid dienone is 4. The Balaban J connectivity index is 1.71. The molecule has 0 atom stereocenters. The van der Waals surface area contributed by atoms with Crippen LogP contribution in [0.15, 0.2) is 110 Å². The van der Waals surface area contributed by atoms with E-state index in [2.05, 4.69) is 62.5 Å². The second-order valence-corrected chi connectivity index (χ2v) is 8.02. The molecule has 0 bridgehead atoms. The van der Waals surface area contributed by atoms with Crippen molar-refractivity contribution in [3.05, 3.63) is 127 Å². The standard InChI is InChI=1S/C28H33N5/c1-3-4-5-12-25(2)21-32(22-26-13-6-9-16-29-26)19-20-33(23-27-14-7-10-17-30-27)24-28-15-8-11-18-31-28/h3-18H,1,19-24H2,2H3/b5-4-,25-12+. The highest BCUT2D eigenvalue weighted by Crippen LogP contribution is 2.10. The molecule has 5 heteroatoms. The fraction of sp³-hybridized carbons (Fsp3) is 0.250. The number of nitrogens with zero attached hydrogens (tertiary/aromatic N) is 5. The molecule has 33 heavy (non-hydrogen) atoms. The summed E-state index contributed by atoms with van der Waals surface area (Å²) in [6, 6.07) is 18.2. The van der Waals surface area contributed by atoms with Crippen molar-refractivity contribution >= 4 is 0 Å². The van der Waals surface area contributed by atoms with Crippen LogP contribution in [0.2, 0.25) is 0 Å². The predicted octanol–water partition coefficient (Wildman–Crippen LogP) is 5.06. The first-order valence-electron chi connectivity index (χ1n) is 11.3. The van der Waals surface area contributed by atoms with Crippen LogP contribution in [0.3, 0.4) is 0 Å². The van der Waals surface area contributed by atoms with Crippen LogP contribution in [0.5, 0.6) is 0 Å². The molecular formula is C28H33N5. The number of rotatable bonds is 13.